The zero-order chi connectivity index (χ0) is 13.7. The minimum atomic E-state index is -0.379. The molecule has 1 aliphatic carbocycles. The molecule has 0 aromatic carbocycles. The lowest BCUT2D eigenvalue weighted by molar-refractivity contribution is -0.140. The summed E-state index contributed by atoms with van der Waals surface area (Å²) in [6.45, 7) is 10.1. The van der Waals surface area contributed by atoms with E-state index in [0.29, 0.717) is 5.57 Å². The Kier molecular flexibility index (Phi) is 2.88. The Hall–Kier alpha value is -1.51. The molecular formula is C15H20O3. The highest BCUT2D eigenvalue weighted by atomic mass is 16.5. The molecule has 2 rings (SSSR count). The minimum Gasteiger partial charge on any atom is -0.499 e. The third-order valence-electron chi connectivity index (χ3n) is 4.34. The van der Waals surface area contributed by atoms with E-state index in [4.69, 9.17) is 9.47 Å². The normalized spacial score (nSPS) is 32.0. The summed E-state index contributed by atoms with van der Waals surface area (Å²) in [6.07, 6.45) is 2.09. The van der Waals surface area contributed by atoms with E-state index in [9.17, 15) is 4.79 Å². The Morgan fingerprint density at radius 2 is 1.94 bits per heavy atom. The highest BCUT2D eigenvalue weighted by Gasteiger charge is 2.50. The molecule has 2 atom stereocenters. The molecule has 3 nitrogen and oxygen atoms in total. The standard InChI is InChI=1S/C15H20O3/c1-8-7-9(2)12-15(5,11(8)4)13(17-6)10(3)14(16)18-12/h7,11H,1-6H3/t11-,15-/m1/s1. The number of hydrogen-bond donors (Lipinski definition) is 0. The van der Waals surface area contributed by atoms with E-state index < -0.39 is 0 Å². The van der Waals surface area contributed by atoms with Gasteiger partial charge >= 0.3 is 5.97 Å². The molecule has 0 N–H and O–H groups in total. The number of carbonyl (C=O) groups excluding carboxylic acids is 1. The highest BCUT2D eigenvalue weighted by molar-refractivity contribution is 5.91. The fraction of sp³-hybridized carbons (Fsp3) is 0.533. The van der Waals surface area contributed by atoms with E-state index in [0.717, 1.165) is 17.1 Å². The summed E-state index contributed by atoms with van der Waals surface area (Å²) in [5.74, 6) is 1.40. The molecule has 1 heterocycles. The molecule has 0 fully saturated rings. The van der Waals surface area contributed by atoms with Gasteiger partial charge in [0.2, 0.25) is 0 Å². The van der Waals surface area contributed by atoms with Crippen LogP contribution in [-0.4, -0.2) is 13.1 Å². The monoisotopic (exact) mass is 248 g/mol. The van der Waals surface area contributed by atoms with E-state index in [1.807, 2.05) is 6.92 Å². The largest absolute Gasteiger partial charge is 0.499 e. The van der Waals surface area contributed by atoms with E-state index in [-0.39, 0.29) is 17.3 Å². The average Bonchev–Trinajstić information content (AvgIpc) is 2.31. The lowest BCUT2D eigenvalue weighted by Gasteiger charge is -2.44. The van der Waals surface area contributed by atoms with Crippen LogP contribution >= 0.6 is 0 Å². The smallest absolute Gasteiger partial charge is 0.342 e. The van der Waals surface area contributed by atoms with E-state index in [1.54, 1.807) is 14.0 Å². The van der Waals surface area contributed by atoms with Crippen LogP contribution in [0, 0.1) is 11.3 Å². The van der Waals surface area contributed by atoms with Gasteiger partial charge in [-0.1, -0.05) is 18.6 Å². The van der Waals surface area contributed by atoms with Gasteiger partial charge in [0.05, 0.1) is 18.1 Å². The zero-order valence-corrected chi connectivity index (χ0v) is 11.9. The quantitative estimate of drug-likeness (QED) is 0.668. The molecule has 98 valence electrons. The van der Waals surface area contributed by atoms with E-state index in [1.165, 1.54) is 5.57 Å². The van der Waals surface area contributed by atoms with Gasteiger partial charge in [-0.2, -0.15) is 0 Å². The number of rotatable bonds is 1. The molecule has 0 aromatic rings. The van der Waals surface area contributed by atoms with Crippen molar-refractivity contribution in [1.82, 2.24) is 0 Å². The van der Waals surface area contributed by atoms with Crippen LogP contribution in [0.25, 0.3) is 0 Å². The Morgan fingerprint density at radius 1 is 1.33 bits per heavy atom. The highest BCUT2D eigenvalue weighted by Crippen LogP contribution is 2.53. The minimum absolute atomic E-state index is 0.245. The molecule has 0 saturated carbocycles. The maximum atomic E-state index is 11.9. The molecule has 0 radical (unpaired) electrons. The van der Waals surface area contributed by atoms with Crippen molar-refractivity contribution in [1.29, 1.82) is 0 Å². The molecule has 1 aliphatic heterocycles. The van der Waals surface area contributed by atoms with Crippen molar-refractivity contribution in [2.75, 3.05) is 7.11 Å². The fourth-order valence-electron chi connectivity index (χ4n) is 3.10. The van der Waals surface area contributed by atoms with Crippen molar-refractivity contribution in [2.24, 2.45) is 11.3 Å². The van der Waals surface area contributed by atoms with Gasteiger partial charge in [0.15, 0.2) is 0 Å². The van der Waals surface area contributed by atoms with Crippen LogP contribution in [0.15, 0.2) is 34.3 Å². The van der Waals surface area contributed by atoms with Gasteiger partial charge in [-0.3, -0.25) is 0 Å². The van der Waals surface area contributed by atoms with Crippen LogP contribution < -0.4 is 0 Å². The molecule has 18 heavy (non-hydrogen) atoms. The van der Waals surface area contributed by atoms with Crippen LogP contribution in [0.4, 0.5) is 0 Å². The first-order chi connectivity index (χ1) is 8.33. The summed E-state index contributed by atoms with van der Waals surface area (Å²) in [5.41, 5.74) is 2.47. The van der Waals surface area contributed by atoms with E-state index in [2.05, 4.69) is 26.8 Å². The second kappa shape index (κ2) is 4.01. The van der Waals surface area contributed by atoms with Gasteiger partial charge in [0, 0.05) is 0 Å². The molecule has 2 aliphatic rings. The maximum absolute atomic E-state index is 11.9. The first kappa shape index (κ1) is 12.9. The number of methoxy groups -OCH3 is 1. The Balaban J connectivity index is 2.74. The topological polar surface area (TPSA) is 35.5 Å². The number of hydrogen-bond acceptors (Lipinski definition) is 3. The number of ether oxygens (including phenoxy) is 2. The van der Waals surface area contributed by atoms with Crippen LogP contribution in [0.3, 0.4) is 0 Å². The van der Waals surface area contributed by atoms with E-state index >= 15 is 0 Å². The van der Waals surface area contributed by atoms with Crippen LogP contribution in [0.1, 0.15) is 34.6 Å². The third-order valence-corrected chi connectivity index (χ3v) is 4.34. The second-order valence-electron chi connectivity index (χ2n) is 5.37. The number of fused-ring (bicyclic) bond motifs is 1. The summed E-state index contributed by atoms with van der Waals surface area (Å²) in [7, 11) is 1.62. The number of esters is 1. The van der Waals surface area contributed by atoms with Crippen molar-refractivity contribution in [3.63, 3.8) is 0 Å². The zero-order valence-electron chi connectivity index (χ0n) is 11.9. The second-order valence-corrected chi connectivity index (χ2v) is 5.37. The van der Waals surface area contributed by atoms with Crippen LogP contribution in [0.5, 0.6) is 0 Å². The van der Waals surface area contributed by atoms with Gasteiger partial charge in [-0.05, 0) is 39.2 Å². The fourth-order valence-corrected chi connectivity index (χ4v) is 3.10. The van der Waals surface area contributed by atoms with Gasteiger partial charge in [-0.25, -0.2) is 4.79 Å². The van der Waals surface area contributed by atoms with Crippen LogP contribution in [-0.2, 0) is 14.3 Å². The van der Waals surface area contributed by atoms with Crippen LogP contribution in [0.2, 0.25) is 0 Å². The maximum Gasteiger partial charge on any atom is 0.342 e. The van der Waals surface area contributed by atoms with Crippen molar-refractivity contribution in [2.45, 2.75) is 34.6 Å². The summed E-state index contributed by atoms with van der Waals surface area (Å²) < 4.78 is 11.1. The molecule has 0 aromatic heterocycles. The Bertz CT molecular complexity index is 508. The molecular weight excluding hydrogens is 228 g/mol. The first-order valence-corrected chi connectivity index (χ1v) is 6.21. The molecule has 0 saturated heterocycles. The van der Waals surface area contributed by atoms with Crippen molar-refractivity contribution < 1.29 is 14.3 Å². The predicted molar refractivity (Wildman–Crippen MR) is 69.5 cm³/mol. The van der Waals surface area contributed by atoms with Crippen molar-refractivity contribution in [3.05, 3.63) is 34.3 Å². The summed E-state index contributed by atoms with van der Waals surface area (Å²) in [4.78, 5) is 11.9. The average molecular weight is 248 g/mol. The number of allylic oxidation sites excluding steroid dienone is 3. The lowest BCUT2D eigenvalue weighted by Crippen LogP contribution is -2.40. The molecule has 0 unspecified atom stereocenters. The predicted octanol–water partition coefficient (Wildman–Crippen LogP) is 3.34. The third kappa shape index (κ3) is 1.46. The molecule has 0 amide bonds. The molecule has 0 spiro atoms. The summed E-state index contributed by atoms with van der Waals surface area (Å²) in [5, 5.41) is 0. The Morgan fingerprint density at radius 3 is 2.50 bits per heavy atom. The summed E-state index contributed by atoms with van der Waals surface area (Å²) in [6, 6.07) is 0. The Labute approximate surface area is 108 Å². The molecule has 3 heteroatoms. The van der Waals surface area contributed by atoms with Gasteiger partial charge in [-0.15, -0.1) is 0 Å². The molecule has 0 bridgehead atoms. The summed E-state index contributed by atoms with van der Waals surface area (Å²) >= 11 is 0. The van der Waals surface area contributed by atoms with Crippen molar-refractivity contribution in [3.8, 4) is 0 Å². The van der Waals surface area contributed by atoms with Crippen molar-refractivity contribution >= 4 is 5.97 Å². The first-order valence-electron chi connectivity index (χ1n) is 6.21. The lowest BCUT2D eigenvalue weighted by atomic mass is 9.66. The van der Waals surface area contributed by atoms with Gasteiger partial charge in [0.1, 0.15) is 11.5 Å². The van der Waals surface area contributed by atoms with Gasteiger partial charge < -0.3 is 9.47 Å². The number of carbonyl (C=O) groups is 1. The SMILES string of the molecule is COC1=C(C)C(=O)OC2=C(C)C=C(C)[C@@H](C)[C@]21C. The van der Waals surface area contributed by atoms with Gasteiger partial charge in [0.25, 0.3) is 0 Å².